The molecule has 0 N–H and O–H groups in total. The second kappa shape index (κ2) is 6.96. The van der Waals surface area contributed by atoms with Crippen LogP contribution in [0.1, 0.15) is 43.5 Å². The van der Waals surface area contributed by atoms with Gasteiger partial charge >= 0.3 is 5.97 Å². The third-order valence-corrected chi connectivity index (χ3v) is 6.68. The molecule has 0 heterocycles. The molecule has 1 aromatic rings. The summed E-state index contributed by atoms with van der Waals surface area (Å²) in [7, 11) is -1.34. The van der Waals surface area contributed by atoms with Crippen molar-refractivity contribution in [2.24, 2.45) is 11.8 Å². The van der Waals surface area contributed by atoms with Gasteiger partial charge in [-0.3, -0.25) is 4.89 Å². The quantitative estimate of drug-likeness (QED) is 0.475. The van der Waals surface area contributed by atoms with E-state index in [9.17, 15) is 4.79 Å². The summed E-state index contributed by atoms with van der Waals surface area (Å²) in [5.74, 6) is 0.682. The standard InChI is InChI=1S/C18H28O3Si/c1-13-6-7-14(2)17(12-13)20-21-18(19)15-8-10-16(11-9-15)22(3,4)5/h8-11,13-14,17H,6-7,12H2,1-5H3. The average Bonchev–Trinajstić information content (AvgIpc) is 2.47. The van der Waals surface area contributed by atoms with Crippen LogP contribution in [0.25, 0.3) is 0 Å². The molecule has 3 nitrogen and oxygen atoms in total. The Labute approximate surface area is 135 Å². The molecular formula is C18H28O3Si. The number of carbonyl (C=O) groups is 1. The lowest BCUT2D eigenvalue weighted by molar-refractivity contribution is -0.291. The van der Waals surface area contributed by atoms with E-state index in [0.717, 1.165) is 12.8 Å². The molecule has 1 aromatic carbocycles. The zero-order valence-electron chi connectivity index (χ0n) is 14.4. The smallest absolute Gasteiger partial charge is 0.293 e. The largest absolute Gasteiger partial charge is 0.373 e. The highest BCUT2D eigenvalue weighted by molar-refractivity contribution is 6.88. The molecule has 0 bridgehead atoms. The number of benzene rings is 1. The van der Waals surface area contributed by atoms with Gasteiger partial charge in [0, 0.05) is 0 Å². The Morgan fingerprint density at radius 3 is 2.32 bits per heavy atom. The lowest BCUT2D eigenvalue weighted by atomic mass is 9.82. The van der Waals surface area contributed by atoms with Crippen LogP contribution in [0.2, 0.25) is 19.6 Å². The van der Waals surface area contributed by atoms with Crippen LogP contribution in [0.3, 0.4) is 0 Å². The van der Waals surface area contributed by atoms with Crippen LogP contribution >= 0.6 is 0 Å². The molecule has 3 atom stereocenters. The van der Waals surface area contributed by atoms with Crippen LogP contribution < -0.4 is 5.19 Å². The lowest BCUT2D eigenvalue weighted by Crippen LogP contribution is -2.37. The molecule has 4 heteroatoms. The Morgan fingerprint density at radius 1 is 1.09 bits per heavy atom. The average molecular weight is 321 g/mol. The summed E-state index contributed by atoms with van der Waals surface area (Å²) in [6.45, 7) is 11.2. The van der Waals surface area contributed by atoms with Gasteiger partial charge in [-0.15, -0.1) is 0 Å². The first kappa shape index (κ1) is 17.2. The number of carbonyl (C=O) groups excluding carboxylic acids is 1. The molecule has 0 amide bonds. The van der Waals surface area contributed by atoms with E-state index in [0.29, 0.717) is 17.4 Å². The molecule has 1 fully saturated rings. The molecule has 1 saturated carbocycles. The molecule has 0 aromatic heterocycles. The summed E-state index contributed by atoms with van der Waals surface area (Å²) >= 11 is 0. The zero-order valence-corrected chi connectivity index (χ0v) is 15.4. The summed E-state index contributed by atoms with van der Waals surface area (Å²) in [4.78, 5) is 22.6. The molecule has 0 spiro atoms. The summed E-state index contributed by atoms with van der Waals surface area (Å²) in [5.41, 5.74) is 0.554. The zero-order chi connectivity index (χ0) is 16.3. The fraction of sp³-hybridized carbons (Fsp3) is 0.611. The van der Waals surface area contributed by atoms with E-state index in [-0.39, 0.29) is 6.10 Å². The van der Waals surface area contributed by atoms with Crippen molar-refractivity contribution in [2.45, 2.75) is 58.9 Å². The van der Waals surface area contributed by atoms with E-state index in [2.05, 4.69) is 33.5 Å². The predicted octanol–water partition coefficient (Wildman–Crippen LogP) is 4.14. The maximum atomic E-state index is 12.1. The fourth-order valence-corrected chi connectivity index (χ4v) is 4.04. The van der Waals surface area contributed by atoms with Gasteiger partial charge in [-0.1, -0.05) is 57.2 Å². The van der Waals surface area contributed by atoms with Crippen molar-refractivity contribution in [3.8, 4) is 0 Å². The van der Waals surface area contributed by atoms with E-state index >= 15 is 0 Å². The molecule has 0 saturated heterocycles. The van der Waals surface area contributed by atoms with E-state index in [1.807, 2.05) is 24.3 Å². The highest BCUT2D eigenvalue weighted by atomic mass is 28.3. The van der Waals surface area contributed by atoms with Gasteiger partial charge in [0.1, 0.15) is 6.10 Å². The van der Waals surface area contributed by atoms with Crippen molar-refractivity contribution in [1.82, 2.24) is 0 Å². The first-order valence-electron chi connectivity index (χ1n) is 8.25. The number of hydrogen-bond donors (Lipinski definition) is 0. The Kier molecular flexibility index (Phi) is 5.45. The fourth-order valence-electron chi connectivity index (χ4n) is 2.87. The monoisotopic (exact) mass is 320 g/mol. The van der Waals surface area contributed by atoms with Crippen molar-refractivity contribution < 1.29 is 14.6 Å². The van der Waals surface area contributed by atoms with E-state index in [4.69, 9.17) is 9.78 Å². The van der Waals surface area contributed by atoms with E-state index < -0.39 is 14.0 Å². The Balaban J connectivity index is 1.92. The van der Waals surface area contributed by atoms with Crippen LogP contribution in [-0.4, -0.2) is 20.1 Å². The summed E-state index contributed by atoms with van der Waals surface area (Å²) in [6.07, 6.45) is 3.35. The maximum absolute atomic E-state index is 12.1. The van der Waals surface area contributed by atoms with Crippen molar-refractivity contribution in [1.29, 1.82) is 0 Å². The van der Waals surface area contributed by atoms with Crippen LogP contribution in [0.5, 0.6) is 0 Å². The van der Waals surface area contributed by atoms with Crippen molar-refractivity contribution in [3.63, 3.8) is 0 Å². The highest BCUT2D eigenvalue weighted by Gasteiger charge is 2.28. The third kappa shape index (κ3) is 4.43. The molecule has 2 rings (SSSR count). The van der Waals surface area contributed by atoms with Crippen molar-refractivity contribution in [3.05, 3.63) is 29.8 Å². The molecule has 0 aliphatic heterocycles. The van der Waals surface area contributed by atoms with Crippen LogP contribution in [0.4, 0.5) is 0 Å². The molecule has 1 aliphatic rings. The van der Waals surface area contributed by atoms with E-state index in [1.165, 1.54) is 11.6 Å². The topological polar surface area (TPSA) is 35.5 Å². The number of rotatable bonds is 4. The van der Waals surface area contributed by atoms with Gasteiger partial charge in [-0.05, 0) is 36.8 Å². The van der Waals surface area contributed by atoms with Crippen molar-refractivity contribution in [2.75, 3.05) is 0 Å². The van der Waals surface area contributed by atoms with Gasteiger partial charge in [0.25, 0.3) is 0 Å². The minimum absolute atomic E-state index is 0.0222. The Bertz CT molecular complexity index is 504. The molecule has 3 unspecified atom stereocenters. The van der Waals surface area contributed by atoms with Gasteiger partial charge < -0.3 is 0 Å². The second-order valence-corrected chi connectivity index (χ2v) is 12.8. The van der Waals surface area contributed by atoms with Gasteiger partial charge in [0.15, 0.2) is 0 Å². The highest BCUT2D eigenvalue weighted by Crippen LogP contribution is 2.30. The SMILES string of the molecule is CC1CCC(C)C(OOC(=O)c2ccc([Si](C)(C)C)cc2)C1. The molecule has 22 heavy (non-hydrogen) atoms. The van der Waals surface area contributed by atoms with Crippen molar-refractivity contribution >= 4 is 19.2 Å². The second-order valence-electron chi connectivity index (χ2n) is 7.73. The summed E-state index contributed by atoms with van der Waals surface area (Å²) in [5, 5.41) is 1.33. The molecule has 122 valence electrons. The van der Waals surface area contributed by atoms with Gasteiger partial charge in [-0.2, -0.15) is 4.89 Å². The van der Waals surface area contributed by atoms with Gasteiger partial charge in [-0.25, -0.2) is 4.79 Å². The molecule has 1 aliphatic carbocycles. The minimum Gasteiger partial charge on any atom is -0.293 e. The van der Waals surface area contributed by atoms with E-state index in [1.54, 1.807) is 0 Å². The first-order chi connectivity index (χ1) is 10.3. The van der Waals surface area contributed by atoms with Crippen LogP contribution in [0, 0.1) is 11.8 Å². The Hall–Kier alpha value is -1.13. The molecular weight excluding hydrogens is 292 g/mol. The predicted molar refractivity (Wildman–Crippen MR) is 91.9 cm³/mol. The summed E-state index contributed by atoms with van der Waals surface area (Å²) in [6, 6.07) is 7.75. The minimum atomic E-state index is -1.34. The lowest BCUT2D eigenvalue weighted by Gasteiger charge is -2.30. The van der Waals surface area contributed by atoms with Gasteiger partial charge in [0.2, 0.25) is 0 Å². The number of hydrogen-bond acceptors (Lipinski definition) is 3. The summed E-state index contributed by atoms with van der Waals surface area (Å²) < 4.78 is 0. The van der Waals surface area contributed by atoms with Gasteiger partial charge in [0.05, 0.1) is 13.6 Å². The van der Waals surface area contributed by atoms with Crippen LogP contribution in [-0.2, 0) is 9.78 Å². The Morgan fingerprint density at radius 2 is 1.73 bits per heavy atom. The normalized spacial score (nSPS) is 25.8. The molecule has 0 radical (unpaired) electrons. The first-order valence-corrected chi connectivity index (χ1v) is 11.8. The third-order valence-electron chi connectivity index (χ3n) is 4.62. The maximum Gasteiger partial charge on any atom is 0.373 e. The van der Waals surface area contributed by atoms with Crippen LogP contribution in [0.15, 0.2) is 24.3 Å².